The van der Waals surface area contributed by atoms with Crippen molar-refractivity contribution in [3.8, 4) is 5.75 Å². The van der Waals surface area contributed by atoms with Gasteiger partial charge in [-0.2, -0.15) is 5.10 Å². The molecular weight excluding hydrogens is 352 g/mol. The van der Waals surface area contributed by atoms with E-state index in [1.54, 1.807) is 31.4 Å². The molecule has 2 N–H and O–H groups in total. The Morgan fingerprint density at radius 3 is 2.70 bits per heavy atom. The minimum atomic E-state index is -0.580. The summed E-state index contributed by atoms with van der Waals surface area (Å²) in [7, 11) is 1.55. The molecule has 9 nitrogen and oxygen atoms in total. The van der Waals surface area contributed by atoms with Crippen molar-refractivity contribution in [3.05, 3.63) is 69.3 Å². The molecule has 0 aliphatic rings. The molecule has 0 unspecified atom stereocenters. The van der Waals surface area contributed by atoms with E-state index in [1.807, 2.05) is 0 Å². The lowest BCUT2D eigenvalue weighted by atomic mass is 10.1. The fourth-order valence-electron chi connectivity index (χ4n) is 2.26. The van der Waals surface area contributed by atoms with Crippen molar-refractivity contribution in [1.29, 1.82) is 0 Å². The number of amides is 2. The molecule has 0 heterocycles. The van der Waals surface area contributed by atoms with Crippen LogP contribution in [-0.2, 0) is 4.79 Å². The van der Waals surface area contributed by atoms with E-state index in [0.717, 1.165) is 5.56 Å². The maximum Gasteiger partial charge on any atom is 0.273 e. The summed E-state index contributed by atoms with van der Waals surface area (Å²) >= 11 is 0. The van der Waals surface area contributed by atoms with Gasteiger partial charge in [-0.25, -0.2) is 5.43 Å². The molecule has 0 atom stereocenters. The van der Waals surface area contributed by atoms with Gasteiger partial charge in [0.25, 0.3) is 17.5 Å². The van der Waals surface area contributed by atoms with Crippen LogP contribution in [0, 0.1) is 17.0 Å². The van der Waals surface area contributed by atoms with Crippen LogP contribution in [0.5, 0.6) is 5.75 Å². The number of carbonyl (C=O) groups is 2. The normalized spacial score (nSPS) is 10.4. The molecular formula is C18H18N4O5. The van der Waals surface area contributed by atoms with Crippen LogP contribution in [-0.4, -0.2) is 36.6 Å². The van der Waals surface area contributed by atoms with Gasteiger partial charge in [0.1, 0.15) is 5.75 Å². The molecule has 0 bridgehead atoms. The summed E-state index contributed by atoms with van der Waals surface area (Å²) in [5, 5.41) is 17.1. The van der Waals surface area contributed by atoms with Gasteiger partial charge in [0.15, 0.2) is 0 Å². The van der Waals surface area contributed by atoms with Crippen LogP contribution < -0.4 is 15.5 Å². The number of methoxy groups -OCH3 is 1. The first-order chi connectivity index (χ1) is 12.9. The molecule has 2 aromatic carbocycles. The highest BCUT2D eigenvalue weighted by Crippen LogP contribution is 2.20. The maximum absolute atomic E-state index is 12.1. The van der Waals surface area contributed by atoms with E-state index in [4.69, 9.17) is 4.74 Å². The summed E-state index contributed by atoms with van der Waals surface area (Å²) in [4.78, 5) is 34.3. The summed E-state index contributed by atoms with van der Waals surface area (Å²) in [6.07, 6.45) is 1.44. The molecule has 2 aromatic rings. The zero-order valence-electron chi connectivity index (χ0n) is 14.8. The second-order valence-corrected chi connectivity index (χ2v) is 5.46. The first-order valence-electron chi connectivity index (χ1n) is 7.90. The molecule has 140 valence electrons. The number of nitrogens with zero attached hydrogens (tertiary/aromatic N) is 2. The standard InChI is InChI=1S/C18H18N4O5/c1-12-15(7-4-8-16(12)22(25)26)18(24)19-11-17(23)21-20-10-13-5-3-6-14(9-13)27-2/h3-10H,11H2,1-2H3,(H,19,24)(H,21,23)/b20-10-. The quantitative estimate of drug-likeness (QED) is 0.437. The van der Waals surface area contributed by atoms with Gasteiger partial charge in [-0.3, -0.25) is 19.7 Å². The lowest BCUT2D eigenvalue weighted by molar-refractivity contribution is -0.385. The Hall–Kier alpha value is -3.75. The van der Waals surface area contributed by atoms with Crippen molar-refractivity contribution < 1.29 is 19.2 Å². The molecule has 9 heteroatoms. The van der Waals surface area contributed by atoms with E-state index >= 15 is 0 Å². The third-order valence-corrected chi connectivity index (χ3v) is 3.65. The maximum atomic E-state index is 12.1. The number of nitro benzene ring substituents is 1. The van der Waals surface area contributed by atoms with Gasteiger partial charge in [-0.15, -0.1) is 0 Å². The number of hydrazone groups is 1. The van der Waals surface area contributed by atoms with Crippen LogP contribution in [0.2, 0.25) is 0 Å². The highest BCUT2D eigenvalue weighted by Gasteiger charge is 2.18. The number of carbonyl (C=O) groups excluding carboxylic acids is 2. The van der Waals surface area contributed by atoms with Crippen LogP contribution in [0.15, 0.2) is 47.6 Å². The van der Waals surface area contributed by atoms with Gasteiger partial charge in [0, 0.05) is 17.2 Å². The zero-order chi connectivity index (χ0) is 19.8. The number of rotatable bonds is 7. The highest BCUT2D eigenvalue weighted by molar-refractivity contribution is 5.98. The third-order valence-electron chi connectivity index (χ3n) is 3.65. The monoisotopic (exact) mass is 370 g/mol. The number of hydrogen-bond acceptors (Lipinski definition) is 6. The average Bonchev–Trinajstić information content (AvgIpc) is 2.66. The largest absolute Gasteiger partial charge is 0.497 e. The molecule has 2 rings (SSSR count). The van der Waals surface area contributed by atoms with Crippen LogP contribution in [0.3, 0.4) is 0 Å². The minimum absolute atomic E-state index is 0.136. The van der Waals surface area contributed by atoms with Crippen LogP contribution in [0.1, 0.15) is 21.5 Å². The molecule has 27 heavy (non-hydrogen) atoms. The van der Waals surface area contributed by atoms with Crippen LogP contribution in [0.25, 0.3) is 0 Å². The van der Waals surface area contributed by atoms with E-state index in [2.05, 4.69) is 15.8 Å². The number of nitrogens with one attached hydrogen (secondary N) is 2. The number of hydrogen-bond donors (Lipinski definition) is 2. The van der Waals surface area contributed by atoms with Crippen molar-refractivity contribution in [1.82, 2.24) is 10.7 Å². The van der Waals surface area contributed by atoms with Crippen molar-refractivity contribution in [2.45, 2.75) is 6.92 Å². The van der Waals surface area contributed by atoms with Crippen molar-refractivity contribution in [3.63, 3.8) is 0 Å². The van der Waals surface area contributed by atoms with Crippen LogP contribution >= 0.6 is 0 Å². The molecule has 0 aliphatic heterocycles. The molecule has 0 radical (unpaired) electrons. The lowest BCUT2D eigenvalue weighted by Gasteiger charge is -2.07. The molecule has 2 amide bonds. The number of benzene rings is 2. The van der Waals surface area contributed by atoms with Gasteiger partial charge in [-0.05, 0) is 30.7 Å². The van der Waals surface area contributed by atoms with E-state index in [0.29, 0.717) is 5.75 Å². The second-order valence-electron chi connectivity index (χ2n) is 5.46. The summed E-state index contributed by atoms with van der Waals surface area (Å²) in [5.74, 6) is -0.460. The molecule has 0 aromatic heterocycles. The van der Waals surface area contributed by atoms with Crippen molar-refractivity contribution in [2.75, 3.05) is 13.7 Å². The topological polar surface area (TPSA) is 123 Å². The van der Waals surface area contributed by atoms with Gasteiger partial charge in [-0.1, -0.05) is 18.2 Å². The summed E-state index contributed by atoms with van der Waals surface area (Å²) < 4.78 is 5.08. The zero-order valence-corrected chi connectivity index (χ0v) is 14.8. The Labute approximate surface area is 155 Å². The van der Waals surface area contributed by atoms with Gasteiger partial charge in [0.2, 0.25) is 0 Å². The van der Waals surface area contributed by atoms with E-state index in [-0.39, 0.29) is 23.4 Å². The molecule has 0 fully saturated rings. The minimum Gasteiger partial charge on any atom is -0.497 e. The average molecular weight is 370 g/mol. The SMILES string of the molecule is COc1cccc(/C=N\NC(=O)CNC(=O)c2cccc([N+](=O)[O-])c2C)c1. The third kappa shape index (κ3) is 5.36. The summed E-state index contributed by atoms with van der Waals surface area (Å²) in [5.41, 5.74) is 3.23. The van der Waals surface area contributed by atoms with E-state index < -0.39 is 16.7 Å². The van der Waals surface area contributed by atoms with Gasteiger partial charge in [0.05, 0.1) is 24.8 Å². The molecule has 0 saturated carbocycles. The Morgan fingerprint density at radius 1 is 1.26 bits per heavy atom. The smallest absolute Gasteiger partial charge is 0.273 e. The van der Waals surface area contributed by atoms with Crippen molar-refractivity contribution in [2.24, 2.45) is 5.10 Å². The Balaban J connectivity index is 1.90. The number of ether oxygens (including phenoxy) is 1. The second kappa shape index (κ2) is 9.09. The first-order valence-corrected chi connectivity index (χ1v) is 7.90. The fraction of sp³-hybridized carbons (Fsp3) is 0.167. The fourth-order valence-corrected chi connectivity index (χ4v) is 2.26. The van der Waals surface area contributed by atoms with Gasteiger partial charge < -0.3 is 10.1 Å². The highest BCUT2D eigenvalue weighted by atomic mass is 16.6. The lowest BCUT2D eigenvalue weighted by Crippen LogP contribution is -2.35. The Kier molecular flexibility index (Phi) is 6.59. The van der Waals surface area contributed by atoms with Crippen LogP contribution in [0.4, 0.5) is 5.69 Å². The number of nitro groups is 1. The first kappa shape index (κ1) is 19.6. The molecule has 0 saturated heterocycles. The predicted molar refractivity (Wildman–Crippen MR) is 98.9 cm³/mol. The molecule has 0 spiro atoms. The van der Waals surface area contributed by atoms with Gasteiger partial charge >= 0.3 is 0 Å². The Bertz CT molecular complexity index is 895. The molecule has 0 aliphatic carbocycles. The summed E-state index contributed by atoms with van der Waals surface area (Å²) in [6, 6.07) is 11.3. The summed E-state index contributed by atoms with van der Waals surface area (Å²) in [6.45, 7) is 1.15. The van der Waals surface area contributed by atoms with Crippen molar-refractivity contribution >= 4 is 23.7 Å². The van der Waals surface area contributed by atoms with E-state index in [1.165, 1.54) is 31.3 Å². The van der Waals surface area contributed by atoms with E-state index in [9.17, 15) is 19.7 Å². The predicted octanol–water partition coefficient (Wildman–Crippen LogP) is 1.79. The Morgan fingerprint density at radius 2 is 2.00 bits per heavy atom.